The van der Waals surface area contributed by atoms with Crippen LogP contribution in [0, 0.1) is 6.92 Å². The Hall–Kier alpha value is -0.730. The van der Waals surface area contributed by atoms with Crippen molar-refractivity contribution in [3.63, 3.8) is 0 Å². The lowest BCUT2D eigenvalue weighted by molar-refractivity contribution is 0.332. The van der Waals surface area contributed by atoms with E-state index in [1.165, 1.54) is 10.5 Å². The van der Waals surface area contributed by atoms with Gasteiger partial charge in [-0.15, -0.1) is 11.8 Å². The molecule has 1 aromatic rings. The zero-order valence-electron chi connectivity index (χ0n) is 7.79. The van der Waals surface area contributed by atoms with Crippen LogP contribution in [0.1, 0.15) is 5.56 Å². The monoisotopic (exact) mass is 194 g/mol. The first kappa shape index (κ1) is 10.4. The van der Waals surface area contributed by atoms with E-state index in [0.717, 1.165) is 11.3 Å². The Morgan fingerprint density at radius 2 is 2.00 bits per heavy atom. The number of hydrogen-bond acceptors (Lipinski definition) is 2. The average Bonchev–Trinajstić information content (AvgIpc) is 2.16. The molecule has 0 unspecified atom stereocenters. The smallest absolute Gasteiger partial charge is 0.0647 e. The third-order valence-corrected chi connectivity index (χ3v) is 2.85. The van der Waals surface area contributed by atoms with Gasteiger partial charge in [0.1, 0.15) is 0 Å². The summed E-state index contributed by atoms with van der Waals surface area (Å²) in [6.07, 6.45) is 0. The van der Waals surface area contributed by atoms with Crippen molar-refractivity contribution in [3.8, 4) is 0 Å². The van der Waals surface area contributed by atoms with Gasteiger partial charge in [-0.2, -0.15) is 0 Å². The van der Waals surface area contributed by atoms with Crippen LogP contribution in [0.2, 0.25) is 0 Å². The van der Waals surface area contributed by atoms with E-state index in [9.17, 15) is 0 Å². The summed E-state index contributed by atoms with van der Waals surface area (Å²) in [7, 11) is 0. The Morgan fingerprint density at radius 3 is 2.54 bits per heavy atom. The normalized spacial score (nSPS) is 10.0. The van der Waals surface area contributed by atoms with Gasteiger partial charge in [0.2, 0.25) is 0 Å². The van der Waals surface area contributed by atoms with Crippen LogP contribution in [0.3, 0.4) is 0 Å². The van der Waals surface area contributed by atoms with Crippen LogP contribution in [0.25, 0.3) is 0 Å². The van der Waals surface area contributed by atoms with Gasteiger partial charge in [0.25, 0.3) is 0 Å². The first-order chi connectivity index (χ1) is 6.22. The average molecular weight is 194 g/mol. The highest BCUT2D eigenvalue weighted by molar-refractivity contribution is 7.99. The molecule has 0 saturated heterocycles. The van der Waals surface area contributed by atoms with Gasteiger partial charge in [0.15, 0.2) is 0 Å². The Labute approximate surface area is 83.5 Å². The van der Waals surface area contributed by atoms with Crippen molar-refractivity contribution < 1.29 is 5.11 Å². The Bertz CT molecular complexity index is 277. The quantitative estimate of drug-likeness (QED) is 0.587. The minimum absolute atomic E-state index is 0.0822. The van der Waals surface area contributed by atoms with Crippen LogP contribution in [-0.2, 0) is 0 Å². The molecular weight excluding hydrogens is 180 g/mol. The van der Waals surface area contributed by atoms with E-state index in [4.69, 9.17) is 5.11 Å². The van der Waals surface area contributed by atoms with Gasteiger partial charge in [0, 0.05) is 10.6 Å². The fourth-order valence-electron chi connectivity index (χ4n) is 0.866. The van der Waals surface area contributed by atoms with Gasteiger partial charge in [-0.05, 0) is 24.6 Å². The molecule has 1 rings (SSSR count). The molecule has 0 spiro atoms. The molecule has 1 N–H and O–H groups in total. The molecule has 0 aliphatic carbocycles. The highest BCUT2D eigenvalue weighted by atomic mass is 32.2. The number of aryl methyl sites for hydroxylation is 1. The van der Waals surface area contributed by atoms with Gasteiger partial charge in [-0.1, -0.05) is 24.3 Å². The number of rotatable bonds is 4. The van der Waals surface area contributed by atoms with Crippen molar-refractivity contribution in [2.24, 2.45) is 0 Å². The molecule has 1 nitrogen and oxygen atoms in total. The van der Waals surface area contributed by atoms with Gasteiger partial charge >= 0.3 is 0 Å². The van der Waals surface area contributed by atoms with Crippen molar-refractivity contribution in [2.45, 2.75) is 11.8 Å². The lowest BCUT2D eigenvalue weighted by Gasteiger charge is -2.02. The molecule has 70 valence electrons. The van der Waals surface area contributed by atoms with E-state index in [2.05, 4.69) is 37.8 Å². The number of aliphatic hydroxyl groups is 1. The summed E-state index contributed by atoms with van der Waals surface area (Å²) < 4.78 is 0. The number of benzene rings is 1. The minimum Gasteiger partial charge on any atom is -0.392 e. The molecular formula is C11H14OS. The predicted octanol–water partition coefficient (Wildman–Crippen LogP) is 2.64. The minimum atomic E-state index is 0.0822. The second kappa shape index (κ2) is 5.10. The maximum Gasteiger partial charge on any atom is 0.0647 e. The molecule has 0 atom stereocenters. The number of aliphatic hydroxyl groups excluding tert-OH is 1. The predicted molar refractivity (Wildman–Crippen MR) is 58.1 cm³/mol. The van der Waals surface area contributed by atoms with E-state index in [0.29, 0.717) is 0 Å². The lowest BCUT2D eigenvalue weighted by atomic mass is 10.2. The first-order valence-corrected chi connectivity index (χ1v) is 5.18. The van der Waals surface area contributed by atoms with Crippen molar-refractivity contribution in [1.29, 1.82) is 0 Å². The maximum absolute atomic E-state index is 8.74. The van der Waals surface area contributed by atoms with E-state index in [-0.39, 0.29) is 6.61 Å². The third kappa shape index (κ3) is 3.66. The van der Waals surface area contributed by atoms with Crippen LogP contribution in [0.15, 0.2) is 41.3 Å². The molecule has 0 heterocycles. The summed E-state index contributed by atoms with van der Waals surface area (Å²) in [6.45, 7) is 5.89. The largest absolute Gasteiger partial charge is 0.392 e. The Balaban J connectivity index is 2.46. The topological polar surface area (TPSA) is 20.2 Å². The highest BCUT2D eigenvalue weighted by Gasteiger charge is 1.95. The van der Waals surface area contributed by atoms with E-state index >= 15 is 0 Å². The Morgan fingerprint density at radius 1 is 1.38 bits per heavy atom. The molecule has 0 aromatic heterocycles. The second-order valence-corrected chi connectivity index (χ2v) is 4.06. The summed E-state index contributed by atoms with van der Waals surface area (Å²) >= 11 is 1.70. The van der Waals surface area contributed by atoms with Gasteiger partial charge in [-0.25, -0.2) is 0 Å². The first-order valence-electron chi connectivity index (χ1n) is 4.19. The molecule has 1 aromatic carbocycles. The molecule has 13 heavy (non-hydrogen) atoms. The summed E-state index contributed by atoms with van der Waals surface area (Å²) in [6, 6.07) is 8.35. The number of hydrogen-bond donors (Lipinski definition) is 1. The van der Waals surface area contributed by atoms with Crippen LogP contribution in [0.5, 0.6) is 0 Å². The van der Waals surface area contributed by atoms with Crippen LogP contribution in [0.4, 0.5) is 0 Å². The van der Waals surface area contributed by atoms with Crippen molar-refractivity contribution in [3.05, 3.63) is 42.0 Å². The fourth-order valence-corrected chi connectivity index (χ4v) is 1.66. The molecule has 0 amide bonds. The zero-order valence-corrected chi connectivity index (χ0v) is 8.60. The lowest BCUT2D eigenvalue weighted by Crippen LogP contribution is -1.90. The molecule has 0 aliphatic rings. The van der Waals surface area contributed by atoms with Gasteiger partial charge in [-0.3, -0.25) is 0 Å². The molecule has 0 fully saturated rings. The Kier molecular flexibility index (Phi) is 4.06. The fraction of sp³-hybridized carbons (Fsp3) is 0.273. The van der Waals surface area contributed by atoms with Gasteiger partial charge < -0.3 is 5.11 Å². The van der Waals surface area contributed by atoms with Crippen LogP contribution in [-0.4, -0.2) is 17.5 Å². The summed E-state index contributed by atoms with van der Waals surface area (Å²) in [5.74, 6) is 0.791. The maximum atomic E-state index is 8.74. The standard InChI is InChI=1S/C11H14OS/c1-9-3-5-11(6-4-9)13-8-10(2)7-12/h3-6,12H,2,7-8H2,1H3. The van der Waals surface area contributed by atoms with Crippen molar-refractivity contribution >= 4 is 11.8 Å². The summed E-state index contributed by atoms with van der Waals surface area (Å²) in [4.78, 5) is 1.22. The molecule has 0 saturated carbocycles. The summed E-state index contributed by atoms with van der Waals surface area (Å²) in [5.41, 5.74) is 2.14. The van der Waals surface area contributed by atoms with Crippen LogP contribution >= 0.6 is 11.8 Å². The van der Waals surface area contributed by atoms with E-state index in [1.54, 1.807) is 11.8 Å². The summed E-state index contributed by atoms with van der Waals surface area (Å²) in [5, 5.41) is 8.74. The van der Waals surface area contributed by atoms with E-state index < -0.39 is 0 Å². The SMILES string of the molecule is C=C(CO)CSc1ccc(C)cc1. The van der Waals surface area contributed by atoms with E-state index in [1.807, 2.05) is 0 Å². The van der Waals surface area contributed by atoms with Crippen LogP contribution < -0.4 is 0 Å². The van der Waals surface area contributed by atoms with Gasteiger partial charge in [0.05, 0.1) is 6.61 Å². The molecule has 0 aliphatic heterocycles. The number of thioether (sulfide) groups is 1. The third-order valence-electron chi connectivity index (χ3n) is 1.69. The highest BCUT2D eigenvalue weighted by Crippen LogP contribution is 2.19. The van der Waals surface area contributed by atoms with Crippen molar-refractivity contribution in [2.75, 3.05) is 12.4 Å². The molecule has 2 heteroatoms. The molecule has 0 bridgehead atoms. The molecule has 0 radical (unpaired) electrons. The zero-order chi connectivity index (χ0) is 9.68. The second-order valence-electron chi connectivity index (χ2n) is 3.01. The van der Waals surface area contributed by atoms with Crippen molar-refractivity contribution in [1.82, 2.24) is 0 Å².